The smallest absolute Gasteiger partial charge is 0.250 e. The van der Waals surface area contributed by atoms with E-state index in [0.717, 1.165) is 148 Å². The zero-order valence-electron chi connectivity index (χ0n) is 44.7. The van der Waals surface area contributed by atoms with E-state index < -0.39 is 16.9 Å². The lowest BCUT2D eigenvalue weighted by Crippen LogP contribution is -2.19. The molecule has 12 heteroatoms. The Morgan fingerprint density at radius 1 is 0.333 bits per heavy atom. The maximum atomic E-state index is 9.26. The third kappa shape index (κ3) is 23.0. The highest BCUT2D eigenvalue weighted by Gasteiger charge is 2.47. The Balaban J connectivity index is 0.00000309. The van der Waals surface area contributed by atoms with E-state index in [1.54, 1.807) is 0 Å². The van der Waals surface area contributed by atoms with Crippen molar-refractivity contribution in [3.05, 3.63) is 36.4 Å². The molecule has 0 saturated carbocycles. The van der Waals surface area contributed by atoms with E-state index in [2.05, 4.69) is 98.7 Å². The van der Waals surface area contributed by atoms with Crippen LogP contribution in [0.3, 0.4) is 0 Å². The molecule has 0 saturated heterocycles. The number of benzene rings is 3. The second-order valence-corrected chi connectivity index (χ2v) is 18.9. The number of carboxylic acid groups (broad SMARTS) is 1. The van der Waals surface area contributed by atoms with Gasteiger partial charge in [0.05, 0.1) is 59.5 Å². The molecule has 0 aliphatic carbocycles. The molecule has 11 nitrogen and oxygen atoms in total. The summed E-state index contributed by atoms with van der Waals surface area (Å²) in [6, 6.07) is 12.3. The summed E-state index contributed by atoms with van der Waals surface area (Å²) in [5.41, 5.74) is 0. The minimum Gasteiger partial charge on any atom is -0.550 e. The molecule has 3 rings (SSSR count). The van der Waals surface area contributed by atoms with Crippen molar-refractivity contribution in [2.45, 2.75) is 206 Å². The van der Waals surface area contributed by atoms with Crippen molar-refractivity contribution in [1.82, 2.24) is 0 Å². The Labute approximate surface area is 421 Å². The first-order valence-corrected chi connectivity index (χ1v) is 28.1. The van der Waals surface area contributed by atoms with Crippen LogP contribution in [0, 0.1) is 0 Å². The Bertz CT molecular complexity index is 1510. The van der Waals surface area contributed by atoms with Crippen LogP contribution in [0.4, 0.5) is 0 Å². The van der Waals surface area contributed by atoms with Gasteiger partial charge in [-0.15, -0.1) is 0 Å². The molecule has 392 valence electrons. The fourth-order valence-corrected chi connectivity index (χ4v) is 8.95. The summed E-state index contributed by atoms with van der Waals surface area (Å²) in [5, 5.41) is 9.26. The van der Waals surface area contributed by atoms with E-state index in [1.165, 1.54) is 6.92 Å². The normalized spacial score (nSPS) is 10.9. The molecule has 0 unspecified atom stereocenters. The lowest BCUT2D eigenvalue weighted by molar-refractivity contribution is -0.305. The van der Waals surface area contributed by atoms with Crippen LogP contribution < -0.4 is 47.7 Å². The van der Waals surface area contributed by atoms with E-state index in [-0.39, 0.29) is 6.42 Å². The highest BCUT2D eigenvalue weighted by Crippen LogP contribution is 2.56. The van der Waals surface area contributed by atoms with Crippen molar-refractivity contribution in [1.29, 1.82) is 0 Å². The molecule has 69 heavy (non-hydrogen) atoms. The fourth-order valence-electron chi connectivity index (χ4n) is 6.42. The predicted molar refractivity (Wildman–Crippen MR) is 280 cm³/mol. The van der Waals surface area contributed by atoms with Crippen LogP contribution in [0.5, 0.6) is 51.7 Å². The van der Waals surface area contributed by atoms with Crippen molar-refractivity contribution in [3.8, 4) is 51.7 Å². The molecule has 0 aliphatic heterocycles. The minimum atomic E-state index is -1.08. The summed E-state index contributed by atoms with van der Waals surface area (Å²) in [5.74, 6) is 5.34. The summed E-state index contributed by atoms with van der Waals surface area (Å²) in [4.78, 5) is 11.9. The number of hydrogen-bond donors (Lipinski definition) is 0. The number of unbranched alkanes of at least 4 members (excludes halogenated alkanes) is 9. The Morgan fingerprint density at radius 3 is 0.638 bits per heavy atom. The Morgan fingerprint density at radius 2 is 0.493 bits per heavy atom. The molecule has 0 heterocycles. The number of aliphatic carboxylic acids is 1. The Hall–Kier alpha value is -4.32. The maximum absolute atomic E-state index is 9.26. The Kier molecular flexibility index (Phi) is 33.9. The molecule has 0 bridgehead atoms. The van der Waals surface area contributed by atoms with Crippen LogP contribution in [-0.2, 0) is 15.7 Å². The minimum absolute atomic E-state index is 0.111. The number of hydrogen-bond acceptors (Lipinski definition) is 11. The molecular weight excluding hydrogens is 893 g/mol. The van der Waals surface area contributed by atoms with Crippen LogP contribution in [0.2, 0.25) is 0 Å². The molecule has 0 N–H and O–H groups in total. The summed E-state index contributed by atoms with van der Waals surface area (Å²) in [6.07, 6.45) is 17.3. The number of rotatable bonds is 40. The van der Waals surface area contributed by atoms with Crippen molar-refractivity contribution in [2.24, 2.45) is 0 Å². The number of carbonyl (C=O) groups excluding carboxylic acids is 1. The summed E-state index contributed by atoms with van der Waals surface area (Å²) in [6.45, 7) is 26.2. The zero-order chi connectivity index (χ0) is 50.5. The third-order valence-electron chi connectivity index (χ3n) is 10.7. The van der Waals surface area contributed by atoms with Gasteiger partial charge in [-0.25, -0.2) is 0 Å². The van der Waals surface area contributed by atoms with Crippen LogP contribution in [0.15, 0.2) is 51.1 Å². The van der Waals surface area contributed by atoms with Crippen molar-refractivity contribution < 1.29 is 52.5 Å². The molecule has 3 aromatic rings. The monoisotopic (exact) mass is 985 g/mol. The number of carboxylic acids is 1. The first-order valence-electron chi connectivity index (χ1n) is 26.8. The average Bonchev–Trinajstić information content (AvgIpc) is 3.34. The van der Waals surface area contributed by atoms with E-state index in [0.29, 0.717) is 94.0 Å². The van der Waals surface area contributed by atoms with Crippen LogP contribution in [-0.4, -0.2) is 65.4 Å². The topological polar surface area (TPSA) is 123 Å². The summed E-state index contributed by atoms with van der Waals surface area (Å²) in [7, 11) is -1.08. The van der Waals surface area contributed by atoms with Gasteiger partial charge in [0.15, 0.2) is 34.5 Å². The average molecular weight is 985 g/mol. The van der Waals surface area contributed by atoms with Gasteiger partial charge in [0, 0.05) is 42.4 Å². The van der Waals surface area contributed by atoms with Gasteiger partial charge in [0.25, 0.3) is 14.7 Å². The highest BCUT2D eigenvalue weighted by molar-refractivity contribution is 7.97. The van der Waals surface area contributed by atoms with Crippen LogP contribution in [0.1, 0.15) is 191 Å². The van der Waals surface area contributed by atoms with Gasteiger partial charge in [0.1, 0.15) is 28.1 Å². The van der Waals surface area contributed by atoms with Crippen molar-refractivity contribution in [2.75, 3.05) is 59.5 Å². The first-order chi connectivity index (χ1) is 33.7. The zero-order valence-corrected chi connectivity index (χ0v) is 45.5. The molecule has 0 amide bonds. The third-order valence-corrected chi connectivity index (χ3v) is 13.1. The highest BCUT2D eigenvalue weighted by atomic mass is 32.2. The first kappa shape index (κ1) is 60.8. The van der Waals surface area contributed by atoms with Crippen LogP contribution >= 0.6 is 0 Å². The second-order valence-electron chi connectivity index (χ2n) is 17.1. The van der Waals surface area contributed by atoms with Crippen molar-refractivity contribution in [3.63, 3.8) is 0 Å². The SMILES string of the molecule is CCC(=O)[O-].CCCCOc1cc(OCCCC)c([S+](c2c(OCCCC)cc(OCCCC)cc2OCCCC)c2c(OCCCC)cc(OCCCC)cc2OCCCC)c(OCCCC)c1. The van der Waals surface area contributed by atoms with Gasteiger partial charge in [0.2, 0.25) is 0 Å². The second kappa shape index (κ2) is 38.4. The number of carbonyl (C=O) groups is 1. The summed E-state index contributed by atoms with van der Waals surface area (Å²) >= 11 is 0. The van der Waals surface area contributed by atoms with Crippen LogP contribution in [0.25, 0.3) is 0 Å². The maximum Gasteiger partial charge on any atom is 0.250 e. The molecule has 0 spiro atoms. The standard InChI is InChI=1S/C54H87O9S.C3H6O2/c1-10-19-28-55-43-37-46(58-31-22-13-4)52(47(38-43)59-32-23-14-5)64(53-48(60-33-24-15-6)39-44(56-29-20-11-2)40-49(53)61-34-25-16-7)54-50(62-35-26-17-8)41-45(57-30-21-12-3)42-51(54)63-36-27-18-9;1-2-3(4)5/h37-42H,10-36H2,1-9H3;2H2,1H3,(H,4,5)/q+1;/p-1. The molecule has 3 aromatic carbocycles. The van der Waals surface area contributed by atoms with E-state index in [1.807, 2.05) is 0 Å². The van der Waals surface area contributed by atoms with E-state index in [9.17, 15) is 9.90 Å². The number of ether oxygens (including phenoxy) is 9. The van der Waals surface area contributed by atoms with Gasteiger partial charge < -0.3 is 52.5 Å². The molecule has 0 aliphatic rings. The molecule has 0 atom stereocenters. The lowest BCUT2D eigenvalue weighted by Gasteiger charge is -2.24. The molecule has 0 radical (unpaired) electrons. The summed E-state index contributed by atoms with van der Waals surface area (Å²) < 4.78 is 61.2. The molecule has 0 fully saturated rings. The fraction of sp³-hybridized carbons (Fsp3) is 0.667. The predicted octanol–water partition coefficient (Wildman–Crippen LogP) is 14.5. The van der Waals surface area contributed by atoms with Gasteiger partial charge in [-0.2, -0.15) is 0 Å². The quantitative estimate of drug-likeness (QED) is 0.0400. The lowest BCUT2D eigenvalue weighted by atomic mass is 10.2. The van der Waals surface area contributed by atoms with E-state index in [4.69, 9.17) is 42.6 Å². The largest absolute Gasteiger partial charge is 0.550 e. The van der Waals surface area contributed by atoms with Gasteiger partial charge in [-0.05, 0) is 64.2 Å². The van der Waals surface area contributed by atoms with Crippen molar-refractivity contribution >= 4 is 16.9 Å². The van der Waals surface area contributed by atoms with E-state index >= 15 is 0 Å². The van der Waals surface area contributed by atoms with Gasteiger partial charge >= 0.3 is 0 Å². The molecular formula is C57H92O11S. The molecule has 0 aromatic heterocycles. The van der Waals surface area contributed by atoms with Gasteiger partial charge in [-0.3, -0.25) is 0 Å². The van der Waals surface area contributed by atoms with Gasteiger partial charge in [-0.1, -0.05) is 127 Å².